The number of hydrogen-bond acceptors (Lipinski definition) is 4. The lowest BCUT2D eigenvalue weighted by molar-refractivity contribution is -0.125. The molecule has 0 aliphatic carbocycles. The summed E-state index contributed by atoms with van der Waals surface area (Å²) in [6, 6.07) is 9.55. The largest absolute Gasteiger partial charge is 0.352 e. The molecular formula is C24H31N3O4S. The second-order valence-corrected chi connectivity index (χ2v) is 10.4. The zero-order valence-electron chi connectivity index (χ0n) is 19.2. The first-order valence-corrected chi connectivity index (χ1v) is 12.3. The van der Waals surface area contributed by atoms with Crippen LogP contribution in [-0.2, 0) is 14.8 Å². The summed E-state index contributed by atoms with van der Waals surface area (Å²) in [4.78, 5) is 27.5. The second-order valence-electron chi connectivity index (χ2n) is 8.73. The van der Waals surface area contributed by atoms with E-state index in [0.29, 0.717) is 35.3 Å². The van der Waals surface area contributed by atoms with Gasteiger partial charge in [0.05, 0.1) is 4.90 Å². The zero-order chi connectivity index (χ0) is 23.6. The molecule has 0 aromatic heterocycles. The number of amides is 2. The van der Waals surface area contributed by atoms with E-state index < -0.39 is 16.1 Å². The summed E-state index contributed by atoms with van der Waals surface area (Å²) in [5.41, 5.74) is 2.97. The van der Waals surface area contributed by atoms with E-state index >= 15 is 0 Å². The average molecular weight is 458 g/mol. The summed E-state index contributed by atoms with van der Waals surface area (Å²) in [6.07, 6.45) is 1.36. The van der Waals surface area contributed by atoms with Gasteiger partial charge in [-0.3, -0.25) is 14.3 Å². The predicted molar refractivity (Wildman–Crippen MR) is 125 cm³/mol. The molecule has 0 spiro atoms. The third kappa shape index (κ3) is 5.12. The minimum Gasteiger partial charge on any atom is -0.352 e. The Morgan fingerprint density at radius 1 is 1.06 bits per heavy atom. The Kier molecular flexibility index (Phi) is 6.93. The molecule has 0 radical (unpaired) electrons. The third-order valence-electron chi connectivity index (χ3n) is 5.48. The molecule has 3 rings (SSSR count). The highest BCUT2D eigenvalue weighted by molar-refractivity contribution is 7.92. The van der Waals surface area contributed by atoms with Gasteiger partial charge in [-0.25, -0.2) is 8.42 Å². The van der Waals surface area contributed by atoms with E-state index in [-0.39, 0.29) is 22.8 Å². The van der Waals surface area contributed by atoms with Crippen molar-refractivity contribution in [1.82, 2.24) is 10.2 Å². The van der Waals surface area contributed by atoms with Crippen LogP contribution in [0.4, 0.5) is 5.69 Å². The molecule has 2 N–H and O–H groups in total. The summed E-state index contributed by atoms with van der Waals surface area (Å²) in [7, 11) is -3.83. The Morgan fingerprint density at radius 3 is 2.34 bits per heavy atom. The van der Waals surface area contributed by atoms with E-state index in [2.05, 4.69) is 10.0 Å². The van der Waals surface area contributed by atoms with E-state index in [1.54, 1.807) is 36.9 Å². The minimum atomic E-state index is -3.83. The lowest BCUT2D eigenvalue weighted by Gasteiger charge is -2.25. The highest BCUT2D eigenvalue weighted by Crippen LogP contribution is 2.26. The molecule has 1 heterocycles. The van der Waals surface area contributed by atoms with Crippen LogP contribution in [0.3, 0.4) is 0 Å². The predicted octanol–water partition coefficient (Wildman–Crippen LogP) is 3.54. The summed E-state index contributed by atoms with van der Waals surface area (Å²) < 4.78 is 28.8. The van der Waals surface area contributed by atoms with Crippen molar-refractivity contribution in [2.45, 2.75) is 64.4 Å². The fourth-order valence-corrected chi connectivity index (χ4v) is 5.85. The monoisotopic (exact) mass is 457 g/mol. The maximum Gasteiger partial charge on any atom is 0.262 e. The molecule has 8 heteroatoms. The Labute approximate surface area is 190 Å². The van der Waals surface area contributed by atoms with Gasteiger partial charge in [0.1, 0.15) is 6.04 Å². The van der Waals surface area contributed by atoms with E-state index in [9.17, 15) is 18.0 Å². The molecule has 32 heavy (non-hydrogen) atoms. The molecule has 2 aromatic rings. The maximum absolute atomic E-state index is 13.1. The van der Waals surface area contributed by atoms with E-state index in [1.807, 2.05) is 32.9 Å². The fraction of sp³-hybridized carbons (Fsp3) is 0.417. The van der Waals surface area contributed by atoms with Crippen LogP contribution in [-0.4, -0.2) is 43.8 Å². The third-order valence-corrected chi connectivity index (χ3v) is 7.17. The first kappa shape index (κ1) is 23.8. The van der Waals surface area contributed by atoms with Crippen LogP contribution in [0.1, 0.15) is 53.7 Å². The highest BCUT2D eigenvalue weighted by atomic mass is 32.2. The van der Waals surface area contributed by atoms with Crippen LogP contribution < -0.4 is 10.0 Å². The minimum absolute atomic E-state index is 0.00789. The van der Waals surface area contributed by atoms with Crippen molar-refractivity contribution in [2.24, 2.45) is 0 Å². The van der Waals surface area contributed by atoms with Crippen LogP contribution in [0.25, 0.3) is 0 Å². The standard InChI is InChI=1S/C24H31N3O4S/c1-15(2)25-23(28)21-10-7-11-27(21)24(29)19-8-6-9-20(14-19)26-32(30,31)22-17(4)12-16(3)13-18(22)5/h6,8-9,12-15,21,26H,7,10-11H2,1-5H3,(H,25,28). The summed E-state index contributed by atoms with van der Waals surface area (Å²) >= 11 is 0. The number of aryl methyl sites for hydroxylation is 3. The van der Waals surface area contributed by atoms with Crippen molar-refractivity contribution in [3.63, 3.8) is 0 Å². The number of anilines is 1. The average Bonchev–Trinajstić information content (AvgIpc) is 3.15. The molecule has 172 valence electrons. The molecule has 1 saturated heterocycles. The molecule has 0 saturated carbocycles. The Hall–Kier alpha value is -2.87. The first-order chi connectivity index (χ1) is 15.0. The molecule has 2 aromatic carbocycles. The van der Waals surface area contributed by atoms with Gasteiger partial charge >= 0.3 is 0 Å². The second kappa shape index (κ2) is 9.32. The molecule has 1 aliphatic rings. The fourth-order valence-electron chi connectivity index (χ4n) is 4.34. The van der Waals surface area contributed by atoms with E-state index in [4.69, 9.17) is 0 Å². The van der Waals surface area contributed by atoms with Crippen LogP contribution in [0, 0.1) is 20.8 Å². The van der Waals surface area contributed by atoms with Gasteiger partial charge in [0, 0.05) is 23.8 Å². The lowest BCUT2D eigenvalue weighted by Crippen LogP contribution is -2.47. The topological polar surface area (TPSA) is 95.6 Å². The van der Waals surface area contributed by atoms with Gasteiger partial charge in [-0.05, 0) is 76.8 Å². The summed E-state index contributed by atoms with van der Waals surface area (Å²) in [5.74, 6) is -0.442. The molecule has 1 unspecified atom stereocenters. The zero-order valence-corrected chi connectivity index (χ0v) is 20.0. The van der Waals surface area contributed by atoms with Crippen molar-refractivity contribution in [3.8, 4) is 0 Å². The van der Waals surface area contributed by atoms with Gasteiger partial charge in [-0.2, -0.15) is 0 Å². The van der Waals surface area contributed by atoms with Crippen molar-refractivity contribution in [3.05, 3.63) is 58.7 Å². The number of carbonyl (C=O) groups excluding carboxylic acids is 2. The number of nitrogens with zero attached hydrogens (tertiary/aromatic N) is 1. The molecule has 1 atom stereocenters. The number of rotatable bonds is 6. The number of hydrogen-bond donors (Lipinski definition) is 2. The molecule has 0 bridgehead atoms. The van der Waals surface area contributed by atoms with Crippen molar-refractivity contribution in [1.29, 1.82) is 0 Å². The number of nitrogens with one attached hydrogen (secondary N) is 2. The van der Waals surface area contributed by atoms with Gasteiger partial charge < -0.3 is 10.2 Å². The molecule has 2 amide bonds. The van der Waals surface area contributed by atoms with Crippen molar-refractivity contribution >= 4 is 27.5 Å². The normalized spacial score (nSPS) is 16.3. The first-order valence-electron chi connectivity index (χ1n) is 10.8. The quantitative estimate of drug-likeness (QED) is 0.694. The summed E-state index contributed by atoms with van der Waals surface area (Å²) in [5, 5.41) is 2.87. The van der Waals surface area contributed by atoms with Gasteiger partial charge in [-0.15, -0.1) is 0 Å². The molecule has 1 fully saturated rings. The molecule has 7 nitrogen and oxygen atoms in total. The summed E-state index contributed by atoms with van der Waals surface area (Å²) in [6.45, 7) is 9.71. The number of likely N-dealkylation sites (tertiary alicyclic amines) is 1. The van der Waals surface area contributed by atoms with Crippen molar-refractivity contribution < 1.29 is 18.0 Å². The van der Waals surface area contributed by atoms with Gasteiger partial charge in [0.2, 0.25) is 5.91 Å². The smallest absolute Gasteiger partial charge is 0.262 e. The number of benzene rings is 2. The Balaban J connectivity index is 1.84. The maximum atomic E-state index is 13.1. The van der Waals surface area contributed by atoms with Crippen molar-refractivity contribution in [2.75, 3.05) is 11.3 Å². The van der Waals surface area contributed by atoms with Gasteiger partial charge in [-0.1, -0.05) is 23.8 Å². The van der Waals surface area contributed by atoms with Crippen LogP contribution >= 0.6 is 0 Å². The SMILES string of the molecule is Cc1cc(C)c(S(=O)(=O)Nc2cccc(C(=O)N3CCCC3C(=O)NC(C)C)c2)c(C)c1. The number of carbonyl (C=O) groups is 2. The van der Waals surface area contributed by atoms with Crippen LogP contribution in [0.15, 0.2) is 41.3 Å². The Bertz CT molecular complexity index is 1120. The molecular weight excluding hydrogens is 426 g/mol. The van der Waals surface area contributed by atoms with Crippen LogP contribution in [0.2, 0.25) is 0 Å². The number of sulfonamides is 1. The Morgan fingerprint density at radius 2 is 1.72 bits per heavy atom. The lowest BCUT2D eigenvalue weighted by atomic mass is 10.1. The molecule has 1 aliphatic heterocycles. The van der Waals surface area contributed by atoms with E-state index in [0.717, 1.165) is 12.0 Å². The van der Waals surface area contributed by atoms with E-state index in [1.165, 1.54) is 6.07 Å². The van der Waals surface area contributed by atoms with Gasteiger partial charge in [0.15, 0.2) is 0 Å². The van der Waals surface area contributed by atoms with Gasteiger partial charge in [0.25, 0.3) is 15.9 Å². The highest BCUT2D eigenvalue weighted by Gasteiger charge is 2.34. The van der Waals surface area contributed by atoms with Crippen LogP contribution in [0.5, 0.6) is 0 Å².